The molecule has 0 amide bonds. The summed E-state index contributed by atoms with van der Waals surface area (Å²) < 4.78 is 5.53. The summed E-state index contributed by atoms with van der Waals surface area (Å²) in [5, 5.41) is 4.30. The second kappa shape index (κ2) is 5.87. The zero-order valence-corrected chi connectivity index (χ0v) is 11.2. The highest BCUT2D eigenvalue weighted by atomic mass is 16.5. The van der Waals surface area contributed by atoms with Gasteiger partial charge in [-0.15, -0.1) is 0 Å². The minimum atomic E-state index is 0.664. The Morgan fingerprint density at radius 2 is 1.78 bits per heavy atom. The topological polar surface area (TPSA) is 29.3 Å². The average molecular weight is 248 g/mol. The van der Waals surface area contributed by atoms with Crippen LogP contribution in [0.2, 0.25) is 0 Å². The van der Waals surface area contributed by atoms with Crippen LogP contribution in [0.3, 0.4) is 0 Å². The standard InChI is InChI=1S/C15H24N2O/c1-3-7-13(8-4-1)15-11-14(18-16-15)12-17-9-5-2-6-10-17/h11,13H,1-10,12H2. The van der Waals surface area contributed by atoms with E-state index >= 15 is 0 Å². The summed E-state index contributed by atoms with van der Waals surface area (Å²) in [5.74, 6) is 1.73. The largest absolute Gasteiger partial charge is 0.360 e. The molecule has 100 valence electrons. The Hall–Kier alpha value is -0.830. The Morgan fingerprint density at radius 1 is 1.06 bits per heavy atom. The number of piperidine rings is 1. The van der Waals surface area contributed by atoms with Gasteiger partial charge in [0.25, 0.3) is 0 Å². The van der Waals surface area contributed by atoms with Crippen LogP contribution in [0.1, 0.15) is 68.7 Å². The van der Waals surface area contributed by atoms with E-state index in [9.17, 15) is 0 Å². The highest BCUT2D eigenvalue weighted by Gasteiger charge is 2.20. The van der Waals surface area contributed by atoms with Gasteiger partial charge in [0.15, 0.2) is 5.76 Å². The van der Waals surface area contributed by atoms with Gasteiger partial charge in [0.2, 0.25) is 0 Å². The van der Waals surface area contributed by atoms with E-state index in [2.05, 4.69) is 16.1 Å². The molecule has 0 unspecified atom stereocenters. The van der Waals surface area contributed by atoms with E-state index in [0.29, 0.717) is 5.92 Å². The van der Waals surface area contributed by atoms with Crippen molar-refractivity contribution < 1.29 is 4.52 Å². The number of aromatic nitrogens is 1. The van der Waals surface area contributed by atoms with Crippen molar-refractivity contribution in [3.63, 3.8) is 0 Å². The Balaban J connectivity index is 1.58. The molecule has 0 radical (unpaired) electrons. The third-order valence-corrected chi connectivity index (χ3v) is 4.43. The van der Waals surface area contributed by atoms with Crippen LogP contribution in [-0.2, 0) is 6.54 Å². The first-order valence-electron chi connectivity index (χ1n) is 7.60. The van der Waals surface area contributed by atoms with Crippen molar-refractivity contribution in [3.8, 4) is 0 Å². The van der Waals surface area contributed by atoms with Gasteiger partial charge in [-0.25, -0.2) is 0 Å². The van der Waals surface area contributed by atoms with Gasteiger partial charge < -0.3 is 4.52 Å². The monoisotopic (exact) mass is 248 g/mol. The number of rotatable bonds is 3. The molecule has 1 aromatic rings. The molecule has 2 heterocycles. The first kappa shape index (κ1) is 12.2. The molecule has 3 nitrogen and oxygen atoms in total. The lowest BCUT2D eigenvalue weighted by atomic mass is 9.87. The minimum Gasteiger partial charge on any atom is -0.360 e. The molecule has 1 aromatic heterocycles. The predicted octanol–water partition coefficient (Wildman–Crippen LogP) is 3.71. The van der Waals surface area contributed by atoms with Crippen molar-refractivity contribution in [1.82, 2.24) is 10.1 Å². The number of nitrogens with zero attached hydrogens (tertiary/aromatic N) is 2. The Morgan fingerprint density at radius 3 is 2.56 bits per heavy atom. The maximum atomic E-state index is 5.53. The maximum absolute atomic E-state index is 5.53. The molecule has 2 aliphatic rings. The van der Waals surface area contributed by atoms with Gasteiger partial charge in [0, 0.05) is 12.0 Å². The lowest BCUT2D eigenvalue weighted by molar-refractivity contribution is 0.196. The molecule has 3 rings (SSSR count). The van der Waals surface area contributed by atoms with E-state index in [1.807, 2.05) is 0 Å². The summed E-state index contributed by atoms with van der Waals surface area (Å²) >= 11 is 0. The van der Waals surface area contributed by atoms with Gasteiger partial charge in [-0.3, -0.25) is 4.90 Å². The van der Waals surface area contributed by atoms with Crippen LogP contribution in [0.15, 0.2) is 10.6 Å². The van der Waals surface area contributed by atoms with Crippen LogP contribution in [0.5, 0.6) is 0 Å². The molecule has 0 N–H and O–H groups in total. The number of likely N-dealkylation sites (tertiary alicyclic amines) is 1. The van der Waals surface area contributed by atoms with Gasteiger partial charge in [-0.2, -0.15) is 0 Å². The molecule has 2 fully saturated rings. The van der Waals surface area contributed by atoms with E-state index in [1.54, 1.807) is 0 Å². The fourth-order valence-corrected chi connectivity index (χ4v) is 3.33. The highest BCUT2D eigenvalue weighted by Crippen LogP contribution is 2.32. The second-order valence-electron chi connectivity index (χ2n) is 5.89. The quantitative estimate of drug-likeness (QED) is 0.816. The highest BCUT2D eigenvalue weighted by molar-refractivity contribution is 5.11. The maximum Gasteiger partial charge on any atom is 0.150 e. The van der Waals surface area contributed by atoms with E-state index in [1.165, 1.54) is 70.2 Å². The van der Waals surface area contributed by atoms with Crippen LogP contribution >= 0.6 is 0 Å². The fourth-order valence-electron chi connectivity index (χ4n) is 3.33. The Bertz CT molecular complexity index is 362. The van der Waals surface area contributed by atoms with Crippen LogP contribution in [-0.4, -0.2) is 23.1 Å². The van der Waals surface area contributed by atoms with Crippen molar-refractivity contribution in [3.05, 3.63) is 17.5 Å². The Labute approximate surface area is 110 Å². The lowest BCUT2D eigenvalue weighted by Gasteiger charge is -2.24. The lowest BCUT2D eigenvalue weighted by Crippen LogP contribution is -2.28. The van der Waals surface area contributed by atoms with E-state index in [0.717, 1.165) is 12.3 Å². The summed E-state index contributed by atoms with van der Waals surface area (Å²) in [6.45, 7) is 3.40. The normalized spacial score (nSPS) is 23.3. The third kappa shape index (κ3) is 2.94. The smallest absolute Gasteiger partial charge is 0.150 e. The van der Waals surface area contributed by atoms with Gasteiger partial charge >= 0.3 is 0 Å². The molecular formula is C15H24N2O. The summed E-state index contributed by atoms with van der Waals surface area (Å²) in [5.41, 5.74) is 1.21. The van der Waals surface area contributed by atoms with E-state index in [4.69, 9.17) is 4.52 Å². The summed E-state index contributed by atoms with van der Waals surface area (Å²) in [6, 6.07) is 2.21. The zero-order chi connectivity index (χ0) is 12.2. The minimum absolute atomic E-state index is 0.664. The SMILES string of the molecule is c1c(C2CCCCC2)noc1CN1CCCCC1. The molecular weight excluding hydrogens is 224 g/mol. The van der Waals surface area contributed by atoms with Crippen molar-refractivity contribution >= 4 is 0 Å². The van der Waals surface area contributed by atoms with Gasteiger partial charge in [0.1, 0.15) is 0 Å². The molecule has 1 aliphatic carbocycles. The van der Waals surface area contributed by atoms with Crippen LogP contribution < -0.4 is 0 Å². The van der Waals surface area contributed by atoms with Crippen molar-refractivity contribution in [2.45, 2.75) is 63.8 Å². The molecule has 1 aliphatic heterocycles. The molecule has 0 bridgehead atoms. The fraction of sp³-hybridized carbons (Fsp3) is 0.800. The first-order chi connectivity index (χ1) is 8.92. The van der Waals surface area contributed by atoms with Crippen molar-refractivity contribution in [2.24, 2.45) is 0 Å². The summed E-state index contributed by atoms with van der Waals surface area (Å²) in [7, 11) is 0. The molecule has 0 spiro atoms. The van der Waals surface area contributed by atoms with Gasteiger partial charge in [-0.05, 0) is 38.8 Å². The van der Waals surface area contributed by atoms with Crippen LogP contribution in [0.25, 0.3) is 0 Å². The average Bonchev–Trinajstić information content (AvgIpc) is 2.89. The van der Waals surface area contributed by atoms with Crippen molar-refractivity contribution in [2.75, 3.05) is 13.1 Å². The summed E-state index contributed by atoms with van der Waals surface area (Å²) in [6.07, 6.45) is 10.8. The van der Waals surface area contributed by atoms with E-state index < -0.39 is 0 Å². The molecule has 0 atom stereocenters. The first-order valence-corrected chi connectivity index (χ1v) is 7.60. The van der Waals surface area contributed by atoms with Gasteiger partial charge in [0.05, 0.1) is 12.2 Å². The second-order valence-corrected chi connectivity index (χ2v) is 5.89. The van der Waals surface area contributed by atoms with E-state index in [-0.39, 0.29) is 0 Å². The van der Waals surface area contributed by atoms with Crippen LogP contribution in [0.4, 0.5) is 0 Å². The molecule has 3 heteroatoms. The predicted molar refractivity (Wildman–Crippen MR) is 71.5 cm³/mol. The van der Waals surface area contributed by atoms with Crippen molar-refractivity contribution in [1.29, 1.82) is 0 Å². The third-order valence-electron chi connectivity index (χ3n) is 4.43. The molecule has 0 aromatic carbocycles. The molecule has 18 heavy (non-hydrogen) atoms. The molecule has 1 saturated heterocycles. The Kier molecular flexibility index (Phi) is 3.99. The van der Waals surface area contributed by atoms with Crippen LogP contribution in [0, 0.1) is 0 Å². The molecule has 1 saturated carbocycles. The summed E-state index contributed by atoms with van der Waals surface area (Å²) in [4.78, 5) is 2.49. The number of hydrogen-bond donors (Lipinski definition) is 0. The zero-order valence-electron chi connectivity index (χ0n) is 11.2. The number of hydrogen-bond acceptors (Lipinski definition) is 3. The van der Waals surface area contributed by atoms with Gasteiger partial charge in [-0.1, -0.05) is 30.8 Å².